The van der Waals surface area contributed by atoms with Gasteiger partial charge < -0.3 is 10.0 Å². The smallest absolute Gasteiger partial charge is 0.257 e. The topological polar surface area (TPSA) is 58.4 Å². The van der Waals surface area contributed by atoms with Gasteiger partial charge in [-0.1, -0.05) is 18.2 Å². The van der Waals surface area contributed by atoms with E-state index in [1.54, 1.807) is 11.1 Å². The highest BCUT2D eigenvalue weighted by Gasteiger charge is 2.33. The number of aliphatic hydroxyl groups is 1. The Morgan fingerprint density at radius 3 is 2.73 bits per heavy atom. The van der Waals surface area contributed by atoms with Crippen LogP contribution in [-0.4, -0.2) is 44.9 Å². The first-order valence-electron chi connectivity index (χ1n) is 7.66. The van der Waals surface area contributed by atoms with Crippen molar-refractivity contribution in [3.05, 3.63) is 47.3 Å². The summed E-state index contributed by atoms with van der Waals surface area (Å²) >= 11 is 0. The van der Waals surface area contributed by atoms with Crippen molar-refractivity contribution in [1.82, 2.24) is 14.7 Å². The first-order chi connectivity index (χ1) is 10.6. The van der Waals surface area contributed by atoms with Crippen LogP contribution in [0.3, 0.4) is 0 Å². The van der Waals surface area contributed by atoms with E-state index in [1.807, 2.05) is 42.8 Å². The van der Waals surface area contributed by atoms with Crippen molar-refractivity contribution in [2.45, 2.75) is 32.7 Å². The number of carbonyl (C=O) groups excluding carboxylic acids is 1. The molecule has 1 saturated carbocycles. The Morgan fingerprint density at radius 2 is 2.09 bits per heavy atom. The van der Waals surface area contributed by atoms with E-state index in [9.17, 15) is 9.90 Å². The maximum Gasteiger partial charge on any atom is 0.257 e. The van der Waals surface area contributed by atoms with Crippen molar-refractivity contribution in [1.29, 1.82) is 0 Å². The summed E-state index contributed by atoms with van der Waals surface area (Å²) in [4.78, 5) is 14.5. The number of para-hydroxylation sites is 1. The Hall–Kier alpha value is -2.14. The van der Waals surface area contributed by atoms with E-state index in [0.29, 0.717) is 12.1 Å². The number of hydrogen-bond acceptors (Lipinski definition) is 3. The van der Waals surface area contributed by atoms with Crippen molar-refractivity contribution in [2.24, 2.45) is 0 Å². The third-order valence-electron chi connectivity index (χ3n) is 4.17. The normalized spacial score (nSPS) is 14.1. The molecule has 1 heterocycles. The van der Waals surface area contributed by atoms with Gasteiger partial charge in [0.1, 0.15) is 0 Å². The molecule has 0 saturated heterocycles. The van der Waals surface area contributed by atoms with Gasteiger partial charge in [0, 0.05) is 12.6 Å². The summed E-state index contributed by atoms with van der Waals surface area (Å²) in [5.74, 6) is -0.0334. The summed E-state index contributed by atoms with van der Waals surface area (Å²) in [6, 6.07) is 8.25. The zero-order chi connectivity index (χ0) is 15.7. The third kappa shape index (κ3) is 2.64. The summed E-state index contributed by atoms with van der Waals surface area (Å²) < 4.78 is 1.81. The van der Waals surface area contributed by atoms with Gasteiger partial charge in [-0.05, 0) is 38.3 Å². The Balaban J connectivity index is 1.93. The number of aliphatic hydroxyl groups excluding tert-OH is 1. The average Bonchev–Trinajstić information content (AvgIpc) is 3.28. The quantitative estimate of drug-likeness (QED) is 0.919. The number of benzene rings is 1. The van der Waals surface area contributed by atoms with Crippen molar-refractivity contribution in [3.63, 3.8) is 0 Å². The number of rotatable bonds is 5. The van der Waals surface area contributed by atoms with Gasteiger partial charge in [0.2, 0.25) is 0 Å². The molecule has 1 amide bonds. The van der Waals surface area contributed by atoms with Crippen LogP contribution in [0.1, 0.15) is 34.5 Å². The lowest BCUT2D eigenvalue weighted by Gasteiger charge is -2.21. The zero-order valence-electron chi connectivity index (χ0n) is 13.0. The molecule has 1 aliphatic carbocycles. The molecule has 1 N–H and O–H groups in total. The number of carbonyl (C=O) groups is 1. The predicted molar refractivity (Wildman–Crippen MR) is 84.2 cm³/mol. The SMILES string of the molecule is Cc1ccccc1-n1ncc(C(=O)N(CCO)C2CC2)c1C. The van der Waals surface area contributed by atoms with Crippen molar-refractivity contribution in [2.75, 3.05) is 13.2 Å². The predicted octanol–water partition coefficient (Wildman–Crippen LogP) is 2.09. The first-order valence-corrected chi connectivity index (χ1v) is 7.66. The van der Waals surface area contributed by atoms with Gasteiger partial charge in [-0.25, -0.2) is 4.68 Å². The van der Waals surface area contributed by atoms with E-state index in [0.717, 1.165) is 29.8 Å². The van der Waals surface area contributed by atoms with E-state index in [2.05, 4.69) is 5.10 Å². The van der Waals surface area contributed by atoms with E-state index in [4.69, 9.17) is 0 Å². The number of amides is 1. The largest absolute Gasteiger partial charge is 0.395 e. The van der Waals surface area contributed by atoms with Crippen LogP contribution in [0.25, 0.3) is 5.69 Å². The Bertz CT molecular complexity index is 689. The van der Waals surface area contributed by atoms with E-state index < -0.39 is 0 Å². The molecule has 5 heteroatoms. The van der Waals surface area contributed by atoms with Crippen LogP contribution in [0, 0.1) is 13.8 Å². The molecule has 0 spiro atoms. The molecule has 1 aliphatic rings. The average molecular weight is 299 g/mol. The summed E-state index contributed by atoms with van der Waals surface area (Å²) in [5, 5.41) is 13.6. The van der Waals surface area contributed by atoms with Gasteiger partial charge in [0.25, 0.3) is 5.91 Å². The van der Waals surface area contributed by atoms with Crippen LogP contribution in [0.5, 0.6) is 0 Å². The Labute approximate surface area is 130 Å². The molecule has 116 valence electrons. The van der Waals surface area contributed by atoms with E-state index >= 15 is 0 Å². The minimum atomic E-state index is -0.0334. The molecular formula is C17H21N3O2. The van der Waals surface area contributed by atoms with Crippen LogP contribution in [0.4, 0.5) is 0 Å². The Morgan fingerprint density at radius 1 is 1.36 bits per heavy atom. The van der Waals surface area contributed by atoms with Crippen LogP contribution >= 0.6 is 0 Å². The monoisotopic (exact) mass is 299 g/mol. The second kappa shape index (κ2) is 5.93. The van der Waals surface area contributed by atoms with Gasteiger partial charge in [-0.2, -0.15) is 5.10 Å². The summed E-state index contributed by atoms with van der Waals surface area (Å²) in [6.07, 6.45) is 3.68. The molecule has 2 aromatic rings. The lowest BCUT2D eigenvalue weighted by molar-refractivity contribution is 0.0707. The number of hydrogen-bond donors (Lipinski definition) is 1. The second-order valence-electron chi connectivity index (χ2n) is 5.80. The minimum Gasteiger partial charge on any atom is -0.395 e. The molecule has 0 unspecified atom stereocenters. The lowest BCUT2D eigenvalue weighted by atomic mass is 10.2. The van der Waals surface area contributed by atoms with Crippen molar-refractivity contribution < 1.29 is 9.90 Å². The molecule has 5 nitrogen and oxygen atoms in total. The molecule has 0 atom stereocenters. The number of aryl methyl sites for hydroxylation is 1. The molecule has 22 heavy (non-hydrogen) atoms. The van der Waals surface area contributed by atoms with Crippen molar-refractivity contribution in [3.8, 4) is 5.69 Å². The maximum absolute atomic E-state index is 12.7. The molecule has 0 radical (unpaired) electrons. The van der Waals surface area contributed by atoms with Crippen molar-refractivity contribution >= 4 is 5.91 Å². The standard InChI is InChI=1S/C17H21N3O2/c1-12-5-3-4-6-16(12)20-13(2)15(11-18-20)17(22)19(9-10-21)14-7-8-14/h3-6,11,14,21H,7-10H2,1-2H3. The maximum atomic E-state index is 12.7. The summed E-state index contributed by atoms with van der Waals surface area (Å²) in [6.45, 7) is 4.32. The van der Waals surface area contributed by atoms with Crippen LogP contribution in [0.15, 0.2) is 30.5 Å². The zero-order valence-corrected chi connectivity index (χ0v) is 13.0. The fraction of sp³-hybridized carbons (Fsp3) is 0.412. The van der Waals surface area contributed by atoms with Gasteiger partial charge in [0.05, 0.1) is 29.7 Å². The Kier molecular flexibility index (Phi) is 3.98. The third-order valence-corrected chi connectivity index (χ3v) is 4.17. The molecule has 0 aliphatic heterocycles. The van der Waals surface area contributed by atoms with E-state index in [1.165, 1.54) is 0 Å². The molecule has 3 rings (SSSR count). The minimum absolute atomic E-state index is 0.00673. The molecule has 0 bridgehead atoms. The van der Waals surface area contributed by atoms with Crippen LogP contribution < -0.4 is 0 Å². The second-order valence-corrected chi connectivity index (χ2v) is 5.80. The van der Waals surface area contributed by atoms with E-state index in [-0.39, 0.29) is 18.6 Å². The highest BCUT2D eigenvalue weighted by atomic mass is 16.3. The molecule has 1 aromatic heterocycles. The lowest BCUT2D eigenvalue weighted by Crippen LogP contribution is -2.35. The first kappa shape index (κ1) is 14.8. The summed E-state index contributed by atoms with van der Waals surface area (Å²) in [7, 11) is 0. The molecule has 1 aromatic carbocycles. The molecular weight excluding hydrogens is 278 g/mol. The fourth-order valence-corrected chi connectivity index (χ4v) is 2.76. The van der Waals surface area contributed by atoms with Gasteiger partial charge >= 0.3 is 0 Å². The highest BCUT2D eigenvalue weighted by Crippen LogP contribution is 2.29. The number of nitrogens with zero attached hydrogens (tertiary/aromatic N) is 3. The molecule has 1 fully saturated rings. The van der Waals surface area contributed by atoms with Crippen LogP contribution in [-0.2, 0) is 0 Å². The van der Waals surface area contributed by atoms with Gasteiger partial charge in [-0.3, -0.25) is 4.79 Å². The fourth-order valence-electron chi connectivity index (χ4n) is 2.76. The summed E-state index contributed by atoms with van der Waals surface area (Å²) in [5.41, 5.74) is 3.55. The highest BCUT2D eigenvalue weighted by molar-refractivity contribution is 5.95. The van der Waals surface area contributed by atoms with Gasteiger partial charge in [-0.15, -0.1) is 0 Å². The number of aromatic nitrogens is 2. The van der Waals surface area contributed by atoms with Gasteiger partial charge in [0.15, 0.2) is 0 Å². The van der Waals surface area contributed by atoms with Crippen LogP contribution in [0.2, 0.25) is 0 Å².